The van der Waals surface area contributed by atoms with Crippen LogP contribution in [-0.4, -0.2) is 9.97 Å². The van der Waals surface area contributed by atoms with E-state index in [-0.39, 0.29) is 17.4 Å². The molecule has 0 aliphatic rings. The minimum Gasteiger partial charge on any atom is -0.334 e. The summed E-state index contributed by atoms with van der Waals surface area (Å²) in [5, 5.41) is 4.70. The van der Waals surface area contributed by atoms with Crippen molar-refractivity contribution in [3.63, 3.8) is 0 Å². The van der Waals surface area contributed by atoms with Crippen LogP contribution < -0.4 is 10.9 Å². The summed E-state index contributed by atoms with van der Waals surface area (Å²) in [6.07, 6.45) is 0. The second-order valence-electron chi connectivity index (χ2n) is 7.47. The van der Waals surface area contributed by atoms with Crippen molar-refractivity contribution >= 4 is 21.6 Å². The quantitative estimate of drug-likeness (QED) is 0.501. The number of aromatic amines is 1. The van der Waals surface area contributed by atoms with Crippen LogP contribution in [0.3, 0.4) is 0 Å². The van der Waals surface area contributed by atoms with Crippen molar-refractivity contribution < 1.29 is 9.71 Å². The fourth-order valence-electron chi connectivity index (χ4n) is 3.64. The SMILES string of the molecule is CC(C)[C@H]([NH2+]Cc1nc2scc(-c3ccc(F)cc3)c2c(=O)[nH]1)c1ccccc1. The number of hydrogen-bond acceptors (Lipinski definition) is 3. The van der Waals surface area contributed by atoms with Gasteiger partial charge in [-0.05, 0) is 17.7 Å². The van der Waals surface area contributed by atoms with Gasteiger partial charge in [0.15, 0.2) is 5.82 Å². The number of thiophene rings is 1. The number of nitrogens with two attached hydrogens (primary N) is 1. The molecule has 6 heteroatoms. The van der Waals surface area contributed by atoms with Crippen molar-refractivity contribution in [2.45, 2.75) is 26.4 Å². The molecule has 0 aliphatic heterocycles. The topological polar surface area (TPSA) is 62.4 Å². The zero-order valence-corrected chi connectivity index (χ0v) is 17.2. The monoisotopic (exact) mass is 408 g/mol. The summed E-state index contributed by atoms with van der Waals surface area (Å²) in [5.41, 5.74) is 2.72. The fourth-order valence-corrected chi connectivity index (χ4v) is 4.61. The number of nitrogens with zero attached hydrogens (tertiary/aromatic N) is 1. The first-order valence-corrected chi connectivity index (χ1v) is 10.6. The number of fused-ring (bicyclic) bond motifs is 1. The zero-order valence-electron chi connectivity index (χ0n) is 16.4. The minimum atomic E-state index is -0.295. The van der Waals surface area contributed by atoms with Crippen LogP contribution in [0.25, 0.3) is 21.3 Å². The highest BCUT2D eigenvalue weighted by Gasteiger charge is 2.20. The maximum atomic E-state index is 13.2. The van der Waals surface area contributed by atoms with Crippen molar-refractivity contribution in [1.82, 2.24) is 9.97 Å². The molecule has 2 heterocycles. The molecule has 0 unspecified atom stereocenters. The van der Waals surface area contributed by atoms with Crippen LogP contribution in [0.4, 0.5) is 4.39 Å². The van der Waals surface area contributed by atoms with E-state index in [2.05, 4.69) is 41.3 Å². The van der Waals surface area contributed by atoms with Gasteiger partial charge in [0.05, 0.1) is 5.39 Å². The van der Waals surface area contributed by atoms with E-state index in [4.69, 9.17) is 0 Å². The third-order valence-corrected chi connectivity index (χ3v) is 5.99. The van der Waals surface area contributed by atoms with Gasteiger partial charge in [0, 0.05) is 22.4 Å². The Kier molecular flexibility index (Phi) is 5.56. The molecule has 1 atom stereocenters. The van der Waals surface area contributed by atoms with Gasteiger partial charge >= 0.3 is 0 Å². The summed E-state index contributed by atoms with van der Waals surface area (Å²) in [6, 6.07) is 16.8. The predicted octanol–water partition coefficient (Wildman–Crippen LogP) is 4.25. The van der Waals surface area contributed by atoms with Gasteiger partial charge in [0.25, 0.3) is 5.56 Å². The van der Waals surface area contributed by atoms with E-state index >= 15 is 0 Å². The van der Waals surface area contributed by atoms with Crippen LogP contribution in [0.2, 0.25) is 0 Å². The van der Waals surface area contributed by atoms with Crippen molar-refractivity contribution in [3.05, 3.63) is 87.5 Å². The number of H-pyrrole nitrogens is 1. The summed E-state index contributed by atoms with van der Waals surface area (Å²) >= 11 is 1.44. The van der Waals surface area contributed by atoms with Crippen LogP contribution in [0.5, 0.6) is 0 Å². The standard InChI is InChI=1S/C23H22FN3OS/c1-14(2)21(16-6-4-3-5-7-16)25-12-19-26-22(28)20-18(13-29-23(20)27-19)15-8-10-17(24)11-9-15/h3-11,13-14,21,25H,12H2,1-2H3,(H,26,27,28)/p+1/t21-/m0/s1. The van der Waals surface area contributed by atoms with Crippen LogP contribution in [0, 0.1) is 11.7 Å². The summed E-state index contributed by atoms with van der Waals surface area (Å²) < 4.78 is 13.2. The molecule has 4 nitrogen and oxygen atoms in total. The Hall–Kier alpha value is -2.83. The highest BCUT2D eigenvalue weighted by Crippen LogP contribution is 2.30. The maximum Gasteiger partial charge on any atom is 0.260 e. The van der Waals surface area contributed by atoms with E-state index in [0.29, 0.717) is 28.5 Å². The molecule has 0 fully saturated rings. The average molecular weight is 409 g/mol. The van der Waals surface area contributed by atoms with Gasteiger partial charge in [-0.3, -0.25) is 4.79 Å². The first kappa shape index (κ1) is 19.5. The Morgan fingerprint density at radius 1 is 1.10 bits per heavy atom. The number of benzene rings is 2. The van der Waals surface area contributed by atoms with Gasteiger partial charge in [-0.1, -0.05) is 56.3 Å². The normalized spacial score (nSPS) is 12.6. The van der Waals surface area contributed by atoms with Gasteiger partial charge < -0.3 is 10.3 Å². The van der Waals surface area contributed by atoms with E-state index in [9.17, 15) is 9.18 Å². The van der Waals surface area contributed by atoms with E-state index in [1.54, 1.807) is 12.1 Å². The van der Waals surface area contributed by atoms with Crippen LogP contribution >= 0.6 is 11.3 Å². The van der Waals surface area contributed by atoms with E-state index in [1.165, 1.54) is 29.0 Å². The van der Waals surface area contributed by atoms with Crippen LogP contribution in [0.15, 0.2) is 64.8 Å². The molecule has 0 radical (unpaired) electrons. The highest BCUT2D eigenvalue weighted by atomic mass is 32.1. The molecule has 0 saturated carbocycles. The van der Waals surface area contributed by atoms with Crippen LogP contribution in [-0.2, 0) is 6.54 Å². The Morgan fingerprint density at radius 3 is 2.52 bits per heavy atom. The highest BCUT2D eigenvalue weighted by molar-refractivity contribution is 7.17. The lowest BCUT2D eigenvalue weighted by Gasteiger charge is -2.19. The Bertz CT molecular complexity index is 1170. The van der Waals surface area contributed by atoms with E-state index in [0.717, 1.165) is 11.1 Å². The molecular weight excluding hydrogens is 385 g/mol. The smallest absolute Gasteiger partial charge is 0.260 e. The lowest BCUT2D eigenvalue weighted by molar-refractivity contribution is -0.718. The largest absolute Gasteiger partial charge is 0.334 e. The summed E-state index contributed by atoms with van der Waals surface area (Å²) in [4.78, 5) is 21.1. The molecular formula is C23H23FN3OS+. The van der Waals surface area contributed by atoms with E-state index in [1.807, 2.05) is 23.6 Å². The summed E-state index contributed by atoms with van der Waals surface area (Å²) in [5.74, 6) is 0.813. The van der Waals surface area contributed by atoms with Gasteiger partial charge in [0.2, 0.25) is 0 Å². The Morgan fingerprint density at radius 2 is 1.83 bits per heavy atom. The lowest BCUT2D eigenvalue weighted by Crippen LogP contribution is -2.85. The lowest BCUT2D eigenvalue weighted by atomic mass is 9.96. The Labute approximate surface area is 172 Å². The van der Waals surface area contributed by atoms with Crippen molar-refractivity contribution in [2.75, 3.05) is 0 Å². The second-order valence-corrected chi connectivity index (χ2v) is 8.33. The predicted molar refractivity (Wildman–Crippen MR) is 115 cm³/mol. The van der Waals surface area contributed by atoms with Crippen molar-refractivity contribution in [1.29, 1.82) is 0 Å². The summed E-state index contributed by atoms with van der Waals surface area (Å²) in [7, 11) is 0. The zero-order chi connectivity index (χ0) is 20.4. The van der Waals surface area contributed by atoms with Gasteiger partial charge in [-0.15, -0.1) is 11.3 Å². The third kappa shape index (κ3) is 4.13. The fraction of sp³-hybridized carbons (Fsp3) is 0.217. The molecule has 29 heavy (non-hydrogen) atoms. The molecule has 0 spiro atoms. The first-order chi connectivity index (χ1) is 14.0. The molecule has 148 valence electrons. The van der Waals surface area contributed by atoms with Gasteiger partial charge in [-0.25, -0.2) is 9.37 Å². The Balaban J connectivity index is 1.61. The van der Waals surface area contributed by atoms with Gasteiger partial charge in [-0.2, -0.15) is 0 Å². The van der Waals surface area contributed by atoms with Gasteiger partial charge in [0.1, 0.15) is 23.2 Å². The summed E-state index contributed by atoms with van der Waals surface area (Å²) in [6.45, 7) is 4.98. The third-order valence-electron chi connectivity index (χ3n) is 5.12. The molecule has 2 aromatic heterocycles. The first-order valence-electron chi connectivity index (χ1n) is 9.67. The molecule has 0 aliphatic carbocycles. The number of rotatable bonds is 6. The minimum absolute atomic E-state index is 0.153. The van der Waals surface area contributed by atoms with Crippen LogP contribution in [0.1, 0.15) is 31.3 Å². The number of nitrogens with one attached hydrogen (secondary N) is 1. The molecule has 4 rings (SSSR count). The maximum absolute atomic E-state index is 13.2. The van der Waals surface area contributed by atoms with Crippen molar-refractivity contribution in [2.24, 2.45) is 5.92 Å². The molecule has 0 amide bonds. The number of quaternary nitrogens is 1. The molecule has 0 bridgehead atoms. The number of aromatic nitrogens is 2. The average Bonchev–Trinajstić information content (AvgIpc) is 3.14. The second kappa shape index (κ2) is 8.27. The van der Waals surface area contributed by atoms with Crippen molar-refractivity contribution in [3.8, 4) is 11.1 Å². The number of hydrogen-bond donors (Lipinski definition) is 2. The number of halogens is 1. The molecule has 3 N–H and O–H groups in total. The molecule has 2 aromatic carbocycles. The van der Waals surface area contributed by atoms with E-state index < -0.39 is 0 Å². The molecule has 0 saturated heterocycles. The molecule has 4 aromatic rings.